The summed E-state index contributed by atoms with van der Waals surface area (Å²) in [6.45, 7) is 2.21. The van der Waals surface area contributed by atoms with Crippen LogP contribution in [-0.4, -0.2) is 28.6 Å². The summed E-state index contributed by atoms with van der Waals surface area (Å²) in [5, 5.41) is 4.79. The number of esters is 1. The van der Waals surface area contributed by atoms with E-state index in [1.54, 1.807) is 6.20 Å². The Morgan fingerprint density at radius 2 is 1.96 bits per heavy atom. The first-order valence-corrected chi connectivity index (χ1v) is 9.62. The number of H-pyrrole nitrogens is 1. The largest absolute Gasteiger partial charge is 0.462 e. The number of pyridine rings is 1. The van der Waals surface area contributed by atoms with Crippen LogP contribution in [0.25, 0.3) is 11.0 Å². The molecule has 0 aliphatic heterocycles. The molecule has 0 unspecified atom stereocenters. The molecule has 2 N–H and O–H groups in total. The number of aromatic nitrogens is 2. The Bertz CT molecular complexity index is 784. The van der Waals surface area contributed by atoms with Crippen molar-refractivity contribution in [1.29, 1.82) is 0 Å². The van der Waals surface area contributed by atoms with Gasteiger partial charge in [0.15, 0.2) is 0 Å². The van der Waals surface area contributed by atoms with E-state index >= 15 is 0 Å². The zero-order valence-electron chi connectivity index (χ0n) is 14.6. The molecule has 4 aliphatic carbocycles. The van der Waals surface area contributed by atoms with Crippen LogP contribution in [0, 0.1) is 23.7 Å². The van der Waals surface area contributed by atoms with E-state index in [1.807, 2.05) is 19.2 Å². The molecule has 0 atom stereocenters. The van der Waals surface area contributed by atoms with Gasteiger partial charge in [0.2, 0.25) is 0 Å². The molecule has 0 aromatic carbocycles. The Morgan fingerprint density at radius 1 is 1.24 bits per heavy atom. The second-order valence-corrected chi connectivity index (χ2v) is 8.11. The standard InChI is InChI=1S/C20H25N3O2/c1-2-25-20(24)16-10-22-19-15(3-4-21-19)18(16)23-17-13-6-11-5-12(8-13)9-14(17)7-11/h3-4,10-14,17H,2,5-9H2,1H3,(H2,21,22,23)/t11-,12+,13-,14+,17?. The number of nitrogens with one attached hydrogen (secondary N) is 2. The van der Waals surface area contributed by atoms with Crippen LogP contribution in [0.2, 0.25) is 0 Å². The Hall–Kier alpha value is -2.04. The Morgan fingerprint density at radius 3 is 2.64 bits per heavy atom. The van der Waals surface area contributed by atoms with Crippen LogP contribution in [-0.2, 0) is 4.74 Å². The molecule has 0 saturated heterocycles. The van der Waals surface area contributed by atoms with Gasteiger partial charge in [0, 0.05) is 23.8 Å². The van der Waals surface area contributed by atoms with Crippen LogP contribution in [0.3, 0.4) is 0 Å². The molecule has 4 saturated carbocycles. The third-order valence-corrected chi connectivity index (χ3v) is 6.62. The quantitative estimate of drug-likeness (QED) is 0.827. The molecule has 5 heteroatoms. The summed E-state index contributed by atoms with van der Waals surface area (Å²) in [4.78, 5) is 20.0. The van der Waals surface area contributed by atoms with E-state index in [1.165, 1.54) is 32.1 Å². The van der Waals surface area contributed by atoms with Gasteiger partial charge < -0.3 is 15.0 Å². The van der Waals surface area contributed by atoms with E-state index < -0.39 is 0 Å². The van der Waals surface area contributed by atoms with Crippen LogP contribution in [0.15, 0.2) is 18.5 Å². The molecule has 25 heavy (non-hydrogen) atoms. The maximum Gasteiger partial charge on any atom is 0.341 e. The monoisotopic (exact) mass is 339 g/mol. The lowest BCUT2D eigenvalue weighted by Gasteiger charge is -2.54. The number of fused-ring (bicyclic) bond motifs is 1. The van der Waals surface area contributed by atoms with E-state index in [4.69, 9.17) is 4.74 Å². The van der Waals surface area contributed by atoms with Gasteiger partial charge in [-0.25, -0.2) is 9.78 Å². The zero-order chi connectivity index (χ0) is 17.0. The molecule has 2 aromatic heterocycles. The van der Waals surface area contributed by atoms with Gasteiger partial charge in [0.25, 0.3) is 0 Å². The summed E-state index contributed by atoms with van der Waals surface area (Å²) < 4.78 is 5.27. The number of rotatable bonds is 4. The molecule has 0 amide bonds. The molecule has 6 rings (SSSR count). The first kappa shape index (κ1) is 15.2. The smallest absolute Gasteiger partial charge is 0.341 e. The lowest BCUT2D eigenvalue weighted by Crippen LogP contribution is -2.51. The van der Waals surface area contributed by atoms with Crippen LogP contribution >= 0.6 is 0 Å². The molecule has 4 aliphatic rings. The van der Waals surface area contributed by atoms with Crippen molar-refractivity contribution in [3.8, 4) is 0 Å². The number of anilines is 1. The predicted molar refractivity (Wildman–Crippen MR) is 96.5 cm³/mol. The van der Waals surface area contributed by atoms with Gasteiger partial charge in [0.05, 0.1) is 12.3 Å². The number of carbonyl (C=O) groups is 1. The minimum atomic E-state index is -0.288. The van der Waals surface area contributed by atoms with Crippen molar-refractivity contribution in [2.75, 3.05) is 11.9 Å². The fraction of sp³-hybridized carbons (Fsp3) is 0.600. The third kappa shape index (κ3) is 2.43. The van der Waals surface area contributed by atoms with Gasteiger partial charge in [-0.15, -0.1) is 0 Å². The van der Waals surface area contributed by atoms with Gasteiger partial charge >= 0.3 is 5.97 Å². The van der Waals surface area contributed by atoms with Crippen LogP contribution in [0.5, 0.6) is 0 Å². The lowest BCUT2D eigenvalue weighted by molar-refractivity contribution is 0.00751. The first-order chi connectivity index (χ1) is 12.2. The zero-order valence-corrected chi connectivity index (χ0v) is 14.6. The number of aromatic amines is 1. The Labute approximate surface area is 147 Å². The molecule has 4 bridgehead atoms. The minimum Gasteiger partial charge on any atom is -0.462 e. The van der Waals surface area contributed by atoms with Crippen molar-refractivity contribution in [1.82, 2.24) is 9.97 Å². The van der Waals surface area contributed by atoms with Gasteiger partial charge in [-0.05, 0) is 68.8 Å². The molecular weight excluding hydrogens is 314 g/mol. The summed E-state index contributed by atoms with van der Waals surface area (Å²) in [5.41, 5.74) is 2.28. The van der Waals surface area contributed by atoms with Crippen molar-refractivity contribution in [3.05, 3.63) is 24.0 Å². The topological polar surface area (TPSA) is 67.0 Å². The number of carbonyl (C=O) groups excluding carboxylic acids is 1. The lowest BCUT2D eigenvalue weighted by atomic mass is 9.54. The first-order valence-electron chi connectivity index (χ1n) is 9.62. The van der Waals surface area contributed by atoms with E-state index in [-0.39, 0.29) is 5.97 Å². The SMILES string of the molecule is CCOC(=O)c1cnc2[nH]ccc2c1NC1[C@H]2C[C@@H]3C[C@@H](C[C@H]1C3)C2. The van der Waals surface area contributed by atoms with Crippen molar-refractivity contribution in [2.45, 2.75) is 45.1 Å². The summed E-state index contributed by atoms with van der Waals surface area (Å²) in [6, 6.07) is 2.48. The summed E-state index contributed by atoms with van der Waals surface area (Å²) in [7, 11) is 0. The van der Waals surface area contributed by atoms with E-state index in [0.717, 1.165) is 40.4 Å². The maximum absolute atomic E-state index is 12.5. The highest BCUT2D eigenvalue weighted by Crippen LogP contribution is 2.54. The Balaban J connectivity index is 1.52. The molecule has 2 aromatic rings. The molecular formula is C20H25N3O2. The van der Waals surface area contributed by atoms with Crippen LogP contribution < -0.4 is 5.32 Å². The molecule has 0 radical (unpaired) electrons. The maximum atomic E-state index is 12.5. The van der Waals surface area contributed by atoms with Crippen molar-refractivity contribution < 1.29 is 9.53 Å². The van der Waals surface area contributed by atoms with E-state index in [9.17, 15) is 4.79 Å². The fourth-order valence-electron chi connectivity index (χ4n) is 5.85. The van der Waals surface area contributed by atoms with Gasteiger partial charge in [-0.2, -0.15) is 0 Å². The van der Waals surface area contributed by atoms with Gasteiger partial charge in [-0.1, -0.05) is 0 Å². The van der Waals surface area contributed by atoms with Crippen molar-refractivity contribution in [3.63, 3.8) is 0 Å². The minimum absolute atomic E-state index is 0.288. The molecule has 5 nitrogen and oxygen atoms in total. The number of ether oxygens (including phenoxy) is 1. The average Bonchev–Trinajstić information content (AvgIpc) is 3.06. The van der Waals surface area contributed by atoms with Crippen LogP contribution in [0.4, 0.5) is 5.69 Å². The molecule has 4 fully saturated rings. The third-order valence-electron chi connectivity index (χ3n) is 6.62. The molecule has 132 valence electrons. The highest BCUT2D eigenvalue weighted by molar-refractivity contribution is 6.04. The number of hydrogen-bond acceptors (Lipinski definition) is 4. The summed E-state index contributed by atoms with van der Waals surface area (Å²) in [6.07, 6.45) is 10.4. The van der Waals surface area contributed by atoms with E-state index in [0.29, 0.717) is 18.2 Å². The average molecular weight is 339 g/mol. The van der Waals surface area contributed by atoms with Crippen molar-refractivity contribution >= 4 is 22.7 Å². The van der Waals surface area contributed by atoms with Crippen LogP contribution in [0.1, 0.15) is 49.4 Å². The Kier molecular flexibility index (Phi) is 3.50. The van der Waals surface area contributed by atoms with Gasteiger partial charge in [0.1, 0.15) is 11.2 Å². The van der Waals surface area contributed by atoms with Crippen molar-refractivity contribution in [2.24, 2.45) is 23.7 Å². The molecule has 2 heterocycles. The molecule has 0 spiro atoms. The predicted octanol–water partition coefficient (Wildman–Crippen LogP) is 3.98. The number of nitrogens with zero attached hydrogens (tertiary/aromatic N) is 1. The highest BCUT2D eigenvalue weighted by Gasteiger charge is 2.48. The van der Waals surface area contributed by atoms with Gasteiger partial charge in [-0.3, -0.25) is 0 Å². The second-order valence-electron chi connectivity index (χ2n) is 8.11. The number of hydrogen-bond donors (Lipinski definition) is 2. The summed E-state index contributed by atoms with van der Waals surface area (Å²) in [5.74, 6) is 3.08. The second kappa shape index (κ2) is 5.75. The normalized spacial score (nSPS) is 32.9. The summed E-state index contributed by atoms with van der Waals surface area (Å²) >= 11 is 0. The van der Waals surface area contributed by atoms with E-state index in [2.05, 4.69) is 15.3 Å². The fourth-order valence-corrected chi connectivity index (χ4v) is 5.85. The highest BCUT2D eigenvalue weighted by atomic mass is 16.5.